The van der Waals surface area contributed by atoms with E-state index >= 15 is 0 Å². The maximum atomic E-state index is 12.4. The van der Waals surface area contributed by atoms with Gasteiger partial charge in [-0.25, -0.2) is 4.79 Å². The fraction of sp³-hybridized carbons (Fsp3) is 0.500. The molecule has 26 heavy (non-hydrogen) atoms. The van der Waals surface area contributed by atoms with Crippen molar-refractivity contribution in [3.05, 3.63) is 36.9 Å². The summed E-state index contributed by atoms with van der Waals surface area (Å²) in [6.45, 7) is 10.7. The maximum absolute atomic E-state index is 12.4. The van der Waals surface area contributed by atoms with E-state index in [9.17, 15) is 9.59 Å². The summed E-state index contributed by atoms with van der Waals surface area (Å²) in [4.78, 5) is 25.8. The summed E-state index contributed by atoms with van der Waals surface area (Å²) < 4.78 is 10.8. The maximum Gasteiger partial charge on any atom is 0.417 e. The van der Waals surface area contributed by atoms with Crippen LogP contribution < -0.4 is 10.1 Å². The molecule has 0 aliphatic heterocycles. The number of amides is 2. The first-order valence-electron chi connectivity index (χ1n) is 9.01. The van der Waals surface area contributed by atoms with Gasteiger partial charge < -0.3 is 14.8 Å². The van der Waals surface area contributed by atoms with Gasteiger partial charge in [-0.1, -0.05) is 39.3 Å². The summed E-state index contributed by atoms with van der Waals surface area (Å²) in [5.41, 5.74) is 0.606. The summed E-state index contributed by atoms with van der Waals surface area (Å²) in [7, 11) is 0. The highest BCUT2D eigenvalue weighted by Crippen LogP contribution is 2.19. The van der Waals surface area contributed by atoms with Crippen LogP contribution in [-0.4, -0.2) is 36.8 Å². The summed E-state index contributed by atoms with van der Waals surface area (Å²) in [6, 6.07) is 6.82. The molecule has 0 aromatic heterocycles. The third-order valence-corrected chi connectivity index (χ3v) is 3.41. The molecule has 2 amide bonds. The second-order valence-electron chi connectivity index (χ2n) is 6.45. The number of anilines is 1. The number of ether oxygens (including phenoxy) is 2. The Kier molecular flexibility index (Phi) is 10.1. The molecule has 0 radical (unpaired) electrons. The molecule has 0 fully saturated rings. The Morgan fingerprint density at radius 2 is 2.12 bits per heavy atom. The molecule has 1 rings (SSSR count). The van der Waals surface area contributed by atoms with E-state index in [4.69, 9.17) is 9.47 Å². The average Bonchev–Trinajstić information content (AvgIpc) is 2.59. The average molecular weight is 362 g/mol. The first-order valence-corrected chi connectivity index (χ1v) is 9.01. The molecular weight excluding hydrogens is 332 g/mol. The summed E-state index contributed by atoms with van der Waals surface area (Å²) in [6.07, 6.45) is 3.42. The Hall–Kier alpha value is -2.34. The SMILES string of the molecule is C=CCOCN(CC(C)C)C(=O)Oc1cccc(NC(=O)CCCC)c1. The highest BCUT2D eigenvalue weighted by atomic mass is 16.6. The zero-order valence-electron chi connectivity index (χ0n) is 16.0. The number of benzene rings is 1. The van der Waals surface area contributed by atoms with Gasteiger partial charge in [-0.2, -0.15) is 0 Å². The molecule has 0 saturated carbocycles. The third-order valence-electron chi connectivity index (χ3n) is 3.41. The second kappa shape index (κ2) is 12.1. The Balaban J connectivity index is 2.69. The van der Waals surface area contributed by atoms with Crippen LogP contribution in [0, 0.1) is 5.92 Å². The van der Waals surface area contributed by atoms with Crippen molar-refractivity contribution in [3.8, 4) is 5.75 Å². The molecule has 0 unspecified atom stereocenters. The van der Waals surface area contributed by atoms with Crippen molar-refractivity contribution in [2.45, 2.75) is 40.0 Å². The first kappa shape index (κ1) is 21.7. The van der Waals surface area contributed by atoms with Gasteiger partial charge in [-0.05, 0) is 24.5 Å². The smallest absolute Gasteiger partial charge is 0.410 e. The van der Waals surface area contributed by atoms with Crippen LogP contribution in [-0.2, 0) is 9.53 Å². The summed E-state index contributed by atoms with van der Waals surface area (Å²) in [5.74, 6) is 0.606. The van der Waals surface area contributed by atoms with Gasteiger partial charge in [0, 0.05) is 24.7 Å². The number of unbranched alkanes of at least 4 members (excludes halogenated alkanes) is 1. The summed E-state index contributed by atoms with van der Waals surface area (Å²) in [5, 5.41) is 2.81. The number of hydrogen-bond donors (Lipinski definition) is 1. The molecular formula is C20H30N2O4. The molecule has 144 valence electrons. The van der Waals surface area contributed by atoms with Gasteiger partial charge >= 0.3 is 6.09 Å². The van der Waals surface area contributed by atoms with Crippen molar-refractivity contribution in [2.24, 2.45) is 5.92 Å². The van der Waals surface area contributed by atoms with Crippen LogP contribution in [0.15, 0.2) is 36.9 Å². The van der Waals surface area contributed by atoms with Crippen molar-refractivity contribution in [2.75, 3.05) is 25.2 Å². The highest BCUT2D eigenvalue weighted by Gasteiger charge is 2.17. The van der Waals surface area contributed by atoms with E-state index in [1.165, 1.54) is 4.90 Å². The highest BCUT2D eigenvalue weighted by molar-refractivity contribution is 5.90. The number of nitrogens with one attached hydrogen (secondary N) is 1. The van der Waals surface area contributed by atoms with Crippen molar-refractivity contribution in [1.82, 2.24) is 4.90 Å². The van der Waals surface area contributed by atoms with E-state index in [0.717, 1.165) is 12.8 Å². The molecule has 1 N–H and O–H groups in total. The standard InChI is InChI=1S/C20H30N2O4/c1-5-7-11-19(23)21-17-9-8-10-18(13-17)26-20(24)22(14-16(3)4)15-25-12-6-2/h6,8-10,13,16H,2,5,7,11-12,14-15H2,1,3-4H3,(H,21,23). The minimum Gasteiger partial charge on any atom is -0.410 e. The largest absolute Gasteiger partial charge is 0.417 e. The van der Waals surface area contributed by atoms with E-state index in [-0.39, 0.29) is 18.6 Å². The molecule has 0 saturated heterocycles. The number of carbonyl (C=O) groups excluding carboxylic acids is 2. The second-order valence-corrected chi connectivity index (χ2v) is 6.45. The van der Waals surface area contributed by atoms with Crippen molar-refractivity contribution < 1.29 is 19.1 Å². The molecule has 1 aromatic carbocycles. The number of carbonyl (C=O) groups is 2. The van der Waals surface area contributed by atoms with Gasteiger partial charge in [-0.3, -0.25) is 9.69 Å². The van der Waals surface area contributed by atoms with E-state index in [0.29, 0.717) is 31.0 Å². The number of rotatable bonds is 11. The van der Waals surface area contributed by atoms with Gasteiger partial charge in [-0.15, -0.1) is 6.58 Å². The number of nitrogens with zero attached hydrogens (tertiary/aromatic N) is 1. The zero-order valence-corrected chi connectivity index (χ0v) is 16.0. The van der Waals surface area contributed by atoms with Gasteiger partial charge in [0.2, 0.25) is 5.91 Å². The minimum absolute atomic E-state index is 0.0467. The van der Waals surface area contributed by atoms with Gasteiger partial charge in [0.25, 0.3) is 0 Å². The Labute approximate surface area is 156 Å². The van der Waals surface area contributed by atoms with Crippen molar-refractivity contribution in [1.29, 1.82) is 0 Å². The fourth-order valence-corrected chi connectivity index (χ4v) is 2.23. The van der Waals surface area contributed by atoms with Crippen LogP contribution in [0.2, 0.25) is 0 Å². The van der Waals surface area contributed by atoms with E-state index < -0.39 is 6.09 Å². The lowest BCUT2D eigenvalue weighted by Gasteiger charge is -2.23. The topological polar surface area (TPSA) is 67.9 Å². The Bertz CT molecular complexity index is 587. The van der Waals surface area contributed by atoms with Crippen LogP contribution in [0.5, 0.6) is 5.75 Å². The molecule has 6 heteroatoms. The van der Waals surface area contributed by atoms with Gasteiger partial charge in [0.1, 0.15) is 12.5 Å². The molecule has 0 aliphatic rings. The van der Waals surface area contributed by atoms with Crippen molar-refractivity contribution in [3.63, 3.8) is 0 Å². The van der Waals surface area contributed by atoms with Gasteiger partial charge in [0.15, 0.2) is 0 Å². The van der Waals surface area contributed by atoms with E-state index in [1.54, 1.807) is 30.3 Å². The lowest BCUT2D eigenvalue weighted by molar-refractivity contribution is -0.116. The molecule has 0 atom stereocenters. The van der Waals surface area contributed by atoms with E-state index in [2.05, 4.69) is 11.9 Å². The molecule has 1 aromatic rings. The molecule has 0 aliphatic carbocycles. The quantitative estimate of drug-likeness (QED) is 0.359. The number of hydrogen-bond acceptors (Lipinski definition) is 4. The lowest BCUT2D eigenvalue weighted by Crippen LogP contribution is -2.38. The van der Waals surface area contributed by atoms with Crippen LogP contribution in [0.4, 0.5) is 10.5 Å². The molecule has 0 spiro atoms. The third kappa shape index (κ3) is 8.67. The molecule has 6 nitrogen and oxygen atoms in total. The fourth-order valence-electron chi connectivity index (χ4n) is 2.23. The molecule has 0 heterocycles. The Morgan fingerprint density at radius 3 is 2.77 bits per heavy atom. The van der Waals surface area contributed by atoms with Crippen molar-refractivity contribution >= 4 is 17.7 Å². The molecule has 0 bridgehead atoms. The lowest BCUT2D eigenvalue weighted by atomic mass is 10.2. The Morgan fingerprint density at radius 1 is 1.35 bits per heavy atom. The van der Waals surface area contributed by atoms with Gasteiger partial charge in [0.05, 0.1) is 6.61 Å². The summed E-state index contributed by atoms with van der Waals surface area (Å²) >= 11 is 0. The zero-order chi connectivity index (χ0) is 19.4. The van der Waals surface area contributed by atoms with Crippen LogP contribution in [0.3, 0.4) is 0 Å². The van der Waals surface area contributed by atoms with Crippen LogP contribution in [0.1, 0.15) is 40.0 Å². The monoisotopic (exact) mass is 362 g/mol. The first-order chi connectivity index (χ1) is 12.5. The van der Waals surface area contributed by atoms with Crippen LogP contribution in [0.25, 0.3) is 0 Å². The minimum atomic E-state index is -0.489. The normalized spacial score (nSPS) is 10.5. The van der Waals surface area contributed by atoms with Crippen LogP contribution >= 0.6 is 0 Å². The predicted octanol–water partition coefficient (Wildman–Crippen LogP) is 4.43. The van der Waals surface area contributed by atoms with E-state index in [1.807, 2.05) is 20.8 Å². The predicted molar refractivity (Wildman–Crippen MR) is 103 cm³/mol.